The van der Waals surface area contributed by atoms with Gasteiger partial charge in [-0.05, 0) is 43.1 Å². The van der Waals surface area contributed by atoms with Crippen LogP contribution in [0.5, 0.6) is 5.75 Å². The number of hydrogen-bond acceptors (Lipinski definition) is 2. The molecule has 20 heavy (non-hydrogen) atoms. The van der Waals surface area contributed by atoms with Gasteiger partial charge in [-0.25, -0.2) is 4.98 Å². The summed E-state index contributed by atoms with van der Waals surface area (Å²) in [4.78, 5) is 4.33. The summed E-state index contributed by atoms with van der Waals surface area (Å²) in [5.41, 5.74) is 5.00. The highest BCUT2D eigenvalue weighted by atomic mass is 28.4. The highest BCUT2D eigenvalue weighted by Gasteiger charge is 2.37. The SMILES string of the molecule is Cc1cn(-c2ccc(C(C)C)c3c2O[Si](C)(C)C3)cn1. The minimum atomic E-state index is -1.61. The first-order valence-electron chi connectivity index (χ1n) is 7.23. The normalized spacial score (nSPS) is 16.3. The molecule has 0 bridgehead atoms. The van der Waals surface area contributed by atoms with E-state index >= 15 is 0 Å². The molecule has 0 saturated carbocycles. The lowest BCUT2D eigenvalue weighted by Crippen LogP contribution is -2.32. The minimum Gasteiger partial charge on any atom is -0.542 e. The van der Waals surface area contributed by atoms with Crippen molar-refractivity contribution in [3.05, 3.63) is 41.5 Å². The molecular formula is C16H22N2OSi. The average molecular weight is 286 g/mol. The number of imidazole rings is 1. The first-order valence-corrected chi connectivity index (χ1v) is 10.3. The van der Waals surface area contributed by atoms with Gasteiger partial charge in [-0.2, -0.15) is 0 Å². The number of aryl methyl sites for hydroxylation is 1. The van der Waals surface area contributed by atoms with Crippen LogP contribution in [-0.2, 0) is 6.04 Å². The zero-order valence-corrected chi connectivity index (χ0v) is 13.9. The van der Waals surface area contributed by atoms with Crippen LogP contribution < -0.4 is 4.43 Å². The average Bonchev–Trinajstić information content (AvgIpc) is 2.89. The number of aromatic nitrogens is 2. The van der Waals surface area contributed by atoms with Gasteiger partial charge in [-0.3, -0.25) is 0 Å². The lowest BCUT2D eigenvalue weighted by Gasteiger charge is -2.17. The van der Waals surface area contributed by atoms with Crippen LogP contribution in [0.15, 0.2) is 24.7 Å². The molecule has 0 N–H and O–H groups in total. The molecule has 1 aliphatic heterocycles. The molecule has 2 heterocycles. The van der Waals surface area contributed by atoms with Crippen LogP contribution in [0.4, 0.5) is 0 Å². The van der Waals surface area contributed by atoms with Crippen molar-refractivity contribution in [1.82, 2.24) is 9.55 Å². The molecule has 0 fully saturated rings. The van der Waals surface area contributed by atoms with Crippen molar-refractivity contribution in [3.63, 3.8) is 0 Å². The van der Waals surface area contributed by atoms with Gasteiger partial charge in [0, 0.05) is 12.2 Å². The van der Waals surface area contributed by atoms with Crippen molar-refractivity contribution < 1.29 is 4.43 Å². The summed E-state index contributed by atoms with van der Waals surface area (Å²) in [7, 11) is -1.61. The molecule has 1 aliphatic rings. The molecule has 0 radical (unpaired) electrons. The predicted molar refractivity (Wildman–Crippen MR) is 84.2 cm³/mol. The van der Waals surface area contributed by atoms with Gasteiger partial charge in [0.1, 0.15) is 5.75 Å². The van der Waals surface area contributed by atoms with Crippen molar-refractivity contribution in [2.24, 2.45) is 0 Å². The topological polar surface area (TPSA) is 27.1 Å². The van der Waals surface area contributed by atoms with E-state index in [0.717, 1.165) is 23.2 Å². The molecule has 3 rings (SSSR count). The fourth-order valence-electron chi connectivity index (χ4n) is 2.96. The first kappa shape index (κ1) is 13.4. The highest BCUT2D eigenvalue weighted by Crippen LogP contribution is 2.41. The number of fused-ring (bicyclic) bond motifs is 1. The van der Waals surface area contributed by atoms with Gasteiger partial charge in [-0.1, -0.05) is 19.9 Å². The number of rotatable bonds is 2. The third-order valence-electron chi connectivity index (χ3n) is 3.87. The van der Waals surface area contributed by atoms with Crippen LogP contribution in [0.2, 0.25) is 13.1 Å². The second-order valence-corrected chi connectivity index (χ2v) is 10.7. The number of benzene rings is 1. The minimum absolute atomic E-state index is 0.536. The van der Waals surface area contributed by atoms with Crippen molar-refractivity contribution in [1.29, 1.82) is 0 Å². The molecule has 0 amide bonds. The summed E-state index contributed by atoms with van der Waals surface area (Å²) >= 11 is 0. The summed E-state index contributed by atoms with van der Waals surface area (Å²) in [6, 6.07) is 5.54. The quantitative estimate of drug-likeness (QED) is 0.781. The Morgan fingerprint density at radius 2 is 2.05 bits per heavy atom. The summed E-state index contributed by atoms with van der Waals surface area (Å²) in [5.74, 6) is 1.62. The van der Waals surface area contributed by atoms with Crippen LogP contribution in [0, 0.1) is 6.92 Å². The van der Waals surface area contributed by atoms with Crippen molar-refractivity contribution >= 4 is 8.32 Å². The van der Waals surface area contributed by atoms with E-state index in [0.29, 0.717) is 5.92 Å². The Morgan fingerprint density at radius 3 is 2.65 bits per heavy atom. The molecule has 1 aromatic carbocycles. The van der Waals surface area contributed by atoms with Crippen LogP contribution in [0.1, 0.15) is 36.6 Å². The molecule has 0 unspecified atom stereocenters. The van der Waals surface area contributed by atoms with Gasteiger partial charge >= 0.3 is 0 Å². The van der Waals surface area contributed by atoms with E-state index in [1.807, 2.05) is 13.3 Å². The van der Waals surface area contributed by atoms with Crippen LogP contribution in [-0.4, -0.2) is 17.9 Å². The van der Waals surface area contributed by atoms with Gasteiger partial charge in [0.05, 0.1) is 17.7 Å². The van der Waals surface area contributed by atoms with Crippen LogP contribution in [0.25, 0.3) is 5.69 Å². The predicted octanol–water partition coefficient (Wildman–Crippen LogP) is 3.98. The molecule has 106 valence electrons. The fourth-order valence-corrected chi connectivity index (χ4v) is 5.03. The Balaban J connectivity index is 2.18. The van der Waals surface area contributed by atoms with Crippen LogP contribution in [0.3, 0.4) is 0 Å². The smallest absolute Gasteiger partial charge is 0.249 e. The Hall–Kier alpha value is -1.55. The van der Waals surface area contributed by atoms with E-state index in [2.05, 4.69) is 54.8 Å². The van der Waals surface area contributed by atoms with E-state index < -0.39 is 8.32 Å². The molecular weight excluding hydrogens is 264 g/mol. The fraction of sp³-hybridized carbons (Fsp3) is 0.438. The Kier molecular flexibility index (Phi) is 3.01. The maximum atomic E-state index is 6.37. The Bertz CT molecular complexity index is 658. The zero-order valence-electron chi connectivity index (χ0n) is 12.9. The standard InChI is InChI=1S/C16H22N2OSi/c1-11(2)13-6-7-15(18-8-12(3)17-10-18)16-14(13)9-20(4,5)19-16/h6-8,10-11H,9H2,1-5H3. The van der Waals surface area contributed by atoms with Crippen LogP contribution >= 0.6 is 0 Å². The van der Waals surface area contributed by atoms with E-state index in [4.69, 9.17) is 4.43 Å². The van der Waals surface area contributed by atoms with Gasteiger partial charge < -0.3 is 8.99 Å². The van der Waals surface area contributed by atoms with Crippen molar-refractivity contribution in [2.45, 2.75) is 45.8 Å². The molecule has 4 heteroatoms. The molecule has 0 saturated heterocycles. The highest BCUT2D eigenvalue weighted by molar-refractivity contribution is 6.72. The zero-order chi connectivity index (χ0) is 14.5. The van der Waals surface area contributed by atoms with Gasteiger partial charge in [0.15, 0.2) is 0 Å². The molecule has 0 atom stereocenters. The van der Waals surface area contributed by atoms with Crippen molar-refractivity contribution in [3.8, 4) is 11.4 Å². The van der Waals surface area contributed by atoms with Gasteiger partial charge in [0.25, 0.3) is 0 Å². The summed E-state index contributed by atoms with van der Waals surface area (Å²) in [6.07, 6.45) is 3.93. The maximum Gasteiger partial charge on any atom is 0.249 e. The summed E-state index contributed by atoms with van der Waals surface area (Å²) in [5, 5.41) is 0. The summed E-state index contributed by atoms with van der Waals surface area (Å²) < 4.78 is 8.45. The van der Waals surface area contributed by atoms with E-state index in [1.54, 1.807) is 0 Å². The molecule has 1 aromatic heterocycles. The molecule has 0 spiro atoms. The largest absolute Gasteiger partial charge is 0.542 e. The third kappa shape index (κ3) is 2.18. The number of hydrogen-bond donors (Lipinski definition) is 0. The molecule has 0 aliphatic carbocycles. The molecule has 2 aromatic rings. The maximum absolute atomic E-state index is 6.37. The van der Waals surface area contributed by atoms with Crippen molar-refractivity contribution in [2.75, 3.05) is 0 Å². The van der Waals surface area contributed by atoms with Gasteiger partial charge in [-0.15, -0.1) is 0 Å². The Labute approximate surface area is 121 Å². The van der Waals surface area contributed by atoms with E-state index in [9.17, 15) is 0 Å². The molecule has 3 nitrogen and oxygen atoms in total. The number of nitrogens with zero attached hydrogens (tertiary/aromatic N) is 2. The van der Waals surface area contributed by atoms with E-state index in [-0.39, 0.29) is 0 Å². The lowest BCUT2D eigenvalue weighted by atomic mass is 9.96. The van der Waals surface area contributed by atoms with E-state index in [1.165, 1.54) is 11.1 Å². The second kappa shape index (κ2) is 4.48. The van der Waals surface area contributed by atoms with Gasteiger partial charge in [0.2, 0.25) is 8.32 Å². The third-order valence-corrected chi connectivity index (χ3v) is 5.83. The second-order valence-electron chi connectivity index (χ2n) is 6.60. The monoisotopic (exact) mass is 286 g/mol. The first-order chi connectivity index (χ1) is 9.37. The Morgan fingerprint density at radius 1 is 1.30 bits per heavy atom. The lowest BCUT2D eigenvalue weighted by molar-refractivity contribution is 0.567. The summed E-state index contributed by atoms with van der Waals surface area (Å²) in [6.45, 7) is 11.1.